The number of hydrogen-bond donors (Lipinski definition) is 1. The van der Waals surface area contributed by atoms with Gasteiger partial charge < -0.3 is 4.98 Å². The molecule has 2 rings (SSSR count). The lowest BCUT2D eigenvalue weighted by molar-refractivity contribution is -0.400. The molecule has 0 radical (unpaired) electrons. The largest absolute Gasteiger partial charge is 0.361 e. The van der Waals surface area contributed by atoms with Gasteiger partial charge in [0.15, 0.2) is 9.84 Å². The second-order valence-electron chi connectivity index (χ2n) is 3.82. The molecule has 0 bridgehead atoms. The first kappa shape index (κ1) is 12.3. The molecule has 7 heteroatoms. The van der Waals surface area contributed by atoms with Gasteiger partial charge in [-0.3, -0.25) is 10.1 Å². The summed E-state index contributed by atoms with van der Waals surface area (Å²) in [5, 5.41) is 11.0. The van der Waals surface area contributed by atoms with Crippen LogP contribution in [0.5, 0.6) is 0 Å². The summed E-state index contributed by atoms with van der Waals surface area (Å²) in [6.07, 6.45) is 4.92. The molecule has 1 aromatic carbocycles. The van der Waals surface area contributed by atoms with Gasteiger partial charge in [0.1, 0.15) is 0 Å². The molecule has 2 aromatic rings. The van der Waals surface area contributed by atoms with Crippen molar-refractivity contribution in [3.05, 3.63) is 46.3 Å². The number of sulfone groups is 1. The van der Waals surface area contributed by atoms with Crippen molar-refractivity contribution < 1.29 is 13.3 Å². The van der Waals surface area contributed by atoms with E-state index in [1.807, 2.05) is 0 Å². The van der Waals surface area contributed by atoms with Crippen LogP contribution in [0.3, 0.4) is 0 Å². The summed E-state index contributed by atoms with van der Waals surface area (Å²) in [6, 6.07) is 4.62. The molecule has 6 nitrogen and oxygen atoms in total. The molecule has 94 valence electrons. The number of rotatable bonds is 3. The van der Waals surface area contributed by atoms with E-state index < -0.39 is 14.8 Å². The predicted octanol–water partition coefficient (Wildman–Crippen LogP) is 1.82. The molecule has 18 heavy (non-hydrogen) atoms. The topological polar surface area (TPSA) is 93.1 Å². The van der Waals surface area contributed by atoms with Gasteiger partial charge in [-0.05, 0) is 12.1 Å². The van der Waals surface area contributed by atoms with Crippen LogP contribution in [0.1, 0.15) is 5.56 Å². The molecule has 1 N–H and O–H groups in total. The van der Waals surface area contributed by atoms with Crippen LogP contribution in [0.15, 0.2) is 35.5 Å². The first-order valence-electron chi connectivity index (χ1n) is 5.01. The molecule has 1 aromatic heterocycles. The standard InChI is InChI=1S/C11H10N2O4S/c1-18(16,17)9-2-3-10-8(4-5-13(14)15)7-12-11(10)6-9/h2-7,12H,1H3. The minimum Gasteiger partial charge on any atom is -0.361 e. The maximum atomic E-state index is 11.4. The van der Waals surface area contributed by atoms with Gasteiger partial charge in [0, 0.05) is 35.0 Å². The third-order valence-electron chi connectivity index (χ3n) is 2.49. The number of aromatic amines is 1. The zero-order valence-corrected chi connectivity index (χ0v) is 10.3. The predicted molar refractivity (Wildman–Crippen MR) is 67.4 cm³/mol. The zero-order valence-electron chi connectivity index (χ0n) is 9.45. The number of aromatic nitrogens is 1. The second-order valence-corrected chi connectivity index (χ2v) is 5.84. The van der Waals surface area contributed by atoms with Crippen LogP contribution in [-0.2, 0) is 9.84 Å². The monoisotopic (exact) mass is 266 g/mol. The molecular formula is C11H10N2O4S. The normalized spacial score (nSPS) is 12.3. The molecule has 0 saturated carbocycles. The van der Waals surface area contributed by atoms with Gasteiger partial charge in [-0.2, -0.15) is 0 Å². The third-order valence-corrected chi connectivity index (χ3v) is 3.60. The summed E-state index contributed by atoms with van der Waals surface area (Å²) >= 11 is 0. The number of benzene rings is 1. The highest BCUT2D eigenvalue weighted by molar-refractivity contribution is 7.90. The van der Waals surface area contributed by atoms with Gasteiger partial charge in [-0.1, -0.05) is 6.07 Å². The maximum Gasteiger partial charge on any atom is 0.235 e. The Morgan fingerprint density at radius 1 is 1.39 bits per heavy atom. The maximum absolute atomic E-state index is 11.4. The first-order chi connectivity index (χ1) is 8.38. The average Bonchev–Trinajstić information content (AvgIpc) is 2.67. The highest BCUT2D eigenvalue weighted by Crippen LogP contribution is 2.22. The van der Waals surface area contributed by atoms with Gasteiger partial charge in [0.25, 0.3) is 0 Å². The number of nitro groups is 1. The highest BCUT2D eigenvalue weighted by Gasteiger charge is 2.09. The lowest BCUT2D eigenvalue weighted by Gasteiger charge is -1.98. The minimum atomic E-state index is -3.26. The van der Waals surface area contributed by atoms with Crippen LogP contribution in [-0.4, -0.2) is 24.6 Å². The zero-order chi connectivity index (χ0) is 13.3. The fraction of sp³-hybridized carbons (Fsp3) is 0.0909. The summed E-state index contributed by atoms with van der Waals surface area (Å²) < 4.78 is 22.8. The molecule has 0 fully saturated rings. The second kappa shape index (κ2) is 4.26. The Morgan fingerprint density at radius 2 is 2.11 bits per heavy atom. The molecule has 0 atom stereocenters. The number of nitrogens with zero attached hydrogens (tertiary/aromatic N) is 1. The van der Waals surface area contributed by atoms with Crippen LogP contribution in [0, 0.1) is 10.1 Å². The summed E-state index contributed by atoms with van der Waals surface area (Å²) in [6.45, 7) is 0. The van der Waals surface area contributed by atoms with Crippen LogP contribution < -0.4 is 0 Å². The van der Waals surface area contributed by atoms with E-state index in [0.717, 1.165) is 17.8 Å². The van der Waals surface area contributed by atoms with Gasteiger partial charge in [-0.15, -0.1) is 0 Å². The summed E-state index contributed by atoms with van der Waals surface area (Å²) in [5.74, 6) is 0. The number of H-pyrrole nitrogens is 1. The van der Waals surface area contributed by atoms with Crippen molar-refractivity contribution in [2.75, 3.05) is 6.26 Å². The molecule has 0 aliphatic heterocycles. The van der Waals surface area contributed by atoms with E-state index in [9.17, 15) is 18.5 Å². The lowest BCUT2D eigenvalue weighted by atomic mass is 10.2. The van der Waals surface area contributed by atoms with Crippen LogP contribution in [0.4, 0.5) is 0 Å². The van der Waals surface area contributed by atoms with E-state index in [4.69, 9.17) is 0 Å². The van der Waals surface area contributed by atoms with Gasteiger partial charge in [0.2, 0.25) is 6.20 Å². The molecule has 0 unspecified atom stereocenters. The molecule has 0 saturated heterocycles. The molecule has 0 amide bonds. The Morgan fingerprint density at radius 3 is 2.72 bits per heavy atom. The van der Waals surface area contributed by atoms with Gasteiger partial charge in [-0.25, -0.2) is 8.42 Å². The highest BCUT2D eigenvalue weighted by atomic mass is 32.2. The number of nitrogens with one attached hydrogen (secondary N) is 1. The molecule has 0 aliphatic rings. The molecule has 0 aliphatic carbocycles. The molecule has 0 spiro atoms. The Balaban J connectivity index is 2.54. The van der Waals surface area contributed by atoms with E-state index in [1.54, 1.807) is 12.3 Å². The van der Waals surface area contributed by atoms with Gasteiger partial charge >= 0.3 is 0 Å². The lowest BCUT2D eigenvalue weighted by Crippen LogP contribution is -1.96. The quantitative estimate of drug-likeness (QED) is 0.677. The van der Waals surface area contributed by atoms with E-state index >= 15 is 0 Å². The SMILES string of the molecule is CS(=O)(=O)c1ccc2c(C=C[N+](=O)[O-])c[nH]c2c1. The van der Waals surface area contributed by atoms with Crippen molar-refractivity contribution in [2.24, 2.45) is 0 Å². The number of fused-ring (bicyclic) bond motifs is 1. The molecular weight excluding hydrogens is 256 g/mol. The van der Waals surface area contributed by atoms with Crippen LogP contribution >= 0.6 is 0 Å². The van der Waals surface area contributed by atoms with E-state index in [2.05, 4.69) is 4.98 Å². The Kier molecular flexibility index (Phi) is 2.92. The van der Waals surface area contributed by atoms with E-state index in [1.165, 1.54) is 18.2 Å². The fourth-order valence-corrected chi connectivity index (χ4v) is 2.28. The van der Waals surface area contributed by atoms with Crippen molar-refractivity contribution in [3.63, 3.8) is 0 Å². The Hall–Kier alpha value is -2.15. The molecule has 1 heterocycles. The first-order valence-corrected chi connectivity index (χ1v) is 6.90. The van der Waals surface area contributed by atoms with Crippen LogP contribution in [0.2, 0.25) is 0 Å². The summed E-state index contributed by atoms with van der Waals surface area (Å²) in [5.41, 5.74) is 1.27. The number of hydrogen-bond acceptors (Lipinski definition) is 4. The summed E-state index contributed by atoms with van der Waals surface area (Å²) in [4.78, 5) is 12.8. The average molecular weight is 266 g/mol. The summed E-state index contributed by atoms with van der Waals surface area (Å²) in [7, 11) is -3.26. The third kappa shape index (κ3) is 2.40. The van der Waals surface area contributed by atoms with Crippen molar-refractivity contribution >= 4 is 26.8 Å². The minimum absolute atomic E-state index is 0.210. The fourth-order valence-electron chi connectivity index (χ4n) is 1.64. The van der Waals surface area contributed by atoms with E-state index in [-0.39, 0.29) is 4.90 Å². The Labute approximate surface area is 103 Å². The van der Waals surface area contributed by atoms with E-state index in [0.29, 0.717) is 11.1 Å². The Bertz CT molecular complexity index is 743. The van der Waals surface area contributed by atoms with Crippen molar-refractivity contribution in [3.8, 4) is 0 Å². The smallest absolute Gasteiger partial charge is 0.235 e. The van der Waals surface area contributed by atoms with Crippen molar-refractivity contribution in [2.45, 2.75) is 4.90 Å². The van der Waals surface area contributed by atoms with Crippen LogP contribution in [0.25, 0.3) is 17.0 Å². The van der Waals surface area contributed by atoms with Gasteiger partial charge in [0.05, 0.1) is 9.82 Å². The van der Waals surface area contributed by atoms with Crippen molar-refractivity contribution in [1.29, 1.82) is 0 Å². The van der Waals surface area contributed by atoms with Crippen molar-refractivity contribution in [1.82, 2.24) is 4.98 Å².